The molecule has 0 aliphatic carbocycles. The van der Waals surface area contributed by atoms with Crippen molar-refractivity contribution in [2.45, 2.75) is 71.0 Å². The number of hydrogen-bond donors (Lipinski definition) is 3. The summed E-state index contributed by atoms with van der Waals surface area (Å²) in [5.41, 5.74) is 2.17. The quantitative estimate of drug-likeness (QED) is 0.546. The Kier molecular flexibility index (Phi) is 11.8. The second-order valence-electron chi connectivity index (χ2n) is 10.4. The van der Waals surface area contributed by atoms with E-state index in [4.69, 9.17) is 4.74 Å². The van der Waals surface area contributed by atoms with Crippen molar-refractivity contribution in [3.63, 3.8) is 0 Å². The number of carbonyl (C=O) groups is 3. The predicted molar refractivity (Wildman–Crippen MR) is 153 cm³/mol. The van der Waals surface area contributed by atoms with E-state index in [0.717, 1.165) is 36.1 Å². The Balaban J connectivity index is 1.82. The number of benzene rings is 2. The van der Waals surface area contributed by atoms with Gasteiger partial charge < -0.3 is 25.6 Å². The van der Waals surface area contributed by atoms with Gasteiger partial charge in [-0.15, -0.1) is 0 Å². The van der Waals surface area contributed by atoms with E-state index in [1.54, 1.807) is 14.0 Å². The Bertz CT molecular complexity index is 1080. The molecule has 3 rings (SSSR count). The van der Waals surface area contributed by atoms with Crippen molar-refractivity contribution in [2.75, 3.05) is 26.7 Å². The smallest absolute Gasteiger partial charge is 0.243 e. The number of likely N-dealkylation sites (N-methyl/N-ethyl adjacent to an activating group) is 1. The van der Waals surface area contributed by atoms with Crippen molar-refractivity contribution in [3.8, 4) is 5.75 Å². The van der Waals surface area contributed by atoms with E-state index in [9.17, 15) is 14.4 Å². The number of nitrogens with one attached hydrogen (secondary N) is 3. The highest BCUT2D eigenvalue weighted by atomic mass is 16.5. The zero-order chi connectivity index (χ0) is 28.2. The number of aryl methyl sites for hydroxylation is 2. The van der Waals surface area contributed by atoms with Gasteiger partial charge in [-0.2, -0.15) is 0 Å². The van der Waals surface area contributed by atoms with Crippen LogP contribution in [-0.4, -0.2) is 67.5 Å². The lowest BCUT2D eigenvalue weighted by Crippen LogP contribution is -2.57. The lowest BCUT2D eigenvalue weighted by molar-refractivity contribution is -0.141. The fourth-order valence-electron chi connectivity index (χ4n) is 4.71. The minimum atomic E-state index is -0.736. The third kappa shape index (κ3) is 8.82. The molecule has 3 amide bonds. The number of amides is 3. The number of nitrogens with zero attached hydrogens (tertiary/aromatic N) is 1. The van der Waals surface area contributed by atoms with Crippen molar-refractivity contribution < 1.29 is 19.1 Å². The molecule has 1 aliphatic rings. The van der Waals surface area contributed by atoms with Crippen molar-refractivity contribution in [3.05, 3.63) is 65.7 Å². The van der Waals surface area contributed by atoms with Crippen LogP contribution in [0.1, 0.15) is 51.2 Å². The monoisotopic (exact) mass is 536 g/mol. The van der Waals surface area contributed by atoms with E-state index in [1.165, 1.54) is 4.90 Å². The molecule has 0 aromatic heterocycles. The van der Waals surface area contributed by atoms with Gasteiger partial charge in [0.1, 0.15) is 24.4 Å². The summed E-state index contributed by atoms with van der Waals surface area (Å²) in [6.45, 7) is 7.17. The molecule has 4 atom stereocenters. The van der Waals surface area contributed by atoms with Gasteiger partial charge in [-0.25, -0.2) is 0 Å². The van der Waals surface area contributed by atoms with Crippen LogP contribution >= 0.6 is 0 Å². The highest BCUT2D eigenvalue weighted by Gasteiger charge is 2.32. The Morgan fingerprint density at radius 1 is 1.00 bits per heavy atom. The van der Waals surface area contributed by atoms with Crippen molar-refractivity contribution in [2.24, 2.45) is 5.92 Å². The zero-order valence-corrected chi connectivity index (χ0v) is 23.7. The molecule has 2 aromatic carbocycles. The van der Waals surface area contributed by atoms with Gasteiger partial charge in [-0.1, -0.05) is 68.8 Å². The van der Waals surface area contributed by atoms with Crippen LogP contribution in [-0.2, 0) is 27.2 Å². The molecule has 39 heavy (non-hydrogen) atoms. The molecule has 3 N–H and O–H groups in total. The molecule has 1 heterocycles. The van der Waals surface area contributed by atoms with Crippen LogP contribution < -0.4 is 20.7 Å². The van der Waals surface area contributed by atoms with E-state index >= 15 is 0 Å². The summed E-state index contributed by atoms with van der Waals surface area (Å²) in [6, 6.07) is 15.9. The summed E-state index contributed by atoms with van der Waals surface area (Å²) in [7, 11) is 1.65. The highest BCUT2D eigenvalue weighted by Crippen LogP contribution is 2.20. The number of hydrogen-bond acceptors (Lipinski definition) is 5. The summed E-state index contributed by atoms with van der Waals surface area (Å²) in [6.07, 6.45) is 3.41. The van der Waals surface area contributed by atoms with Gasteiger partial charge >= 0.3 is 0 Å². The summed E-state index contributed by atoms with van der Waals surface area (Å²) in [5.74, 6) is 0.166. The van der Waals surface area contributed by atoms with Crippen LogP contribution in [0.5, 0.6) is 5.75 Å². The molecule has 0 saturated carbocycles. The molecule has 0 spiro atoms. The van der Waals surface area contributed by atoms with E-state index in [0.29, 0.717) is 32.5 Å². The standard InChI is InChI=1S/C31H44N4O4/c1-5-22(2)28-31(38)35(4)23(3)29(36)34-26(18-17-24-12-7-6-8-13-24)30(37)33-19-11-15-25-14-9-10-16-27(25)39-21-20-32-28/h6-10,12-14,16,22-23,26,28,32H,5,11,15,17-21H2,1-4H3,(H,33,37)(H,34,36)/t22-,23+,26+,28-/m0/s1. The van der Waals surface area contributed by atoms with Crippen LogP contribution in [0.25, 0.3) is 0 Å². The topological polar surface area (TPSA) is 99.8 Å². The predicted octanol–water partition coefficient (Wildman–Crippen LogP) is 3.10. The van der Waals surface area contributed by atoms with Crippen molar-refractivity contribution in [1.82, 2.24) is 20.9 Å². The summed E-state index contributed by atoms with van der Waals surface area (Å²) in [4.78, 5) is 41.5. The number of rotatable bonds is 5. The molecular weight excluding hydrogens is 492 g/mol. The summed E-state index contributed by atoms with van der Waals surface area (Å²) in [5, 5.41) is 9.30. The fourth-order valence-corrected chi connectivity index (χ4v) is 4.71. The fraction of sp³-hybridized carbons (Fsp3) is 0.516. The van der Waals surface area contributed by atoms with Crippen LogP contribution in [0.15, 0.2) is 54.6 Å². The molecule has 0 saturated heterocycles. The first kappa shape index (κ1) is 30.2. The first-order chi connectivity index (χ1) is 18.8. The molecule has 0 bridgehead atoms. The maximum Gasteiger partial charge on any atom is 0.243 e. The minimum absolute atomic E-state index is 0.0671. The first-order valence-electron chi connectivity index (χ1n) is 14.1. The van der Waals surface area contributed by atoms with Gasteiger partial charge in [0.2, 0.25) is 17.7 Å². The Hall–Kier alpha value is -3.39. The Labute approximate surface area is 232 Å². The lowest BCUT2D eigenvalue weighted by atomic mass is 9.97. The van der Waals surface area contributed by atoms with E-state index in [-0.39, 0.29) is 23.6 Å². The van der Waals surface area contributed by atoms with Gasteiger partial charge in [0.05, 0.1) is 6.04 Å². The van der Waals surface area contributed by atoms with Crippen LogP contribution in [0.4, 0.5) is 0 Å². The normalized spacial score (nSPS) is 22.9. The maximum absolute atomic E-state index is 13.5. The second-order valence-corrected chi connectivity index (χ2v) is 10.4. The third-order valence-corrected chi connectivity index (χ3v) is 7.60. The van der Waals surface area contributed by atoms with Gasteiger partial charge in [-0.3, -0.25) is 14.4 Å². The zero-order valence-electron chi connectivity index (χ0n) is 23.7. The average Bonchev–Trinajstić information content (AvgIpc) is 2.96. The molecule has 1 aliphatic heterocycles. The number of carbonyl (C=O) groups excluding carboxylic acids is 3. The number of para-hydroxylation sites is 1. The van der Waals surface area contributed by atoms with Gasteiger partial charge in [0, 0.05) is 20.1 Å². The Morgan fingerprint density at radius 3 is 2.46 bits per heavy atom. The molecular formula is C31H44N4O4. The van der Waals surface area contributed by atoms with Crippen LogP contribution in [0, 0.1) is 5.92 Å². The van der Waals surface area contributed by atoms with Gasteiger partial charge in [-0.05, 0) is 55.7 Å². The van der Waals surface area contributed by atoms with Crippen molar-refractivity contribution in [1.29, 1.82) is 0 Å². The molecule has 0 radical (unpaired) electrons. The average molecular weight is 537 g/mol. The number of fused-ring (bicyclic) bond motifs is 1. The molecule has 8 heteroatoms. The van der Waals surface area contributed by atoms with E-state index in [2.05, 4.69) is 16.0 Å². The van der Waals surface area contributed by atoms with Crippen molar-refractivity contribution >= 4 is 17.7 Å². The lowest BCUT2D eigenvalue weighted by Gasteiger charge is -2.32. The number of ether oxygens (including phenoxy) is 1. The largest absolute Gasteiger partial charge is 0.492 e. The molecule has 212 valence electrons. The summed E-state index contributed by atoms with van der Waals surface area (Å²) < 4.78 is 6.07. The summed E-state index contributed by atoms with van der Waals surface area (Å²) >= 11 is 0. The van der Waals surface area contributed by atoms with Crippen LogP contribution in [0.2, 0.25) is 0 Å². The SMILES string of the molecule is CC[C@H](C)[C@@H]1NCCOc2ccccc2CCCNC(=O)[C@@H](CCc2ccccc2)NC(=O)[C@@H](C)N(C)C1=O. The first-order valence-corrected chi connectivity index (χ1v) is 14.1. The van der Waals surface area contributed by atoms with E-state index < -0.39 is 18.1 Å². The van der Waals surface area contributed by atoms with Gasteiger partial charge in [0.15, 0.2) is 0 Å². The molecule has 2 aromatic rings. The molecule has 8 nitrogen and oxygen atoms in total. The Morgan fingerprint density at radius 2 is 1.72 bits per heavy atom. The van der Waals surface area contributed by atoms with Crippen LogP contribution in [0.3, 0.4) is 0 Å². The maximum atomic E-state index is 13.5. The molecule has 0 unspecified atom stereocenters. The van der Waals surface area contributed by atoms with Gasteiger partial charge in [0.25, 0.3) is 0 Å². The van der Waals surface area contributed by atoms with E-state index in [1.807, 2.05) is 68.4 Å². The highest BCUT2D eigenvalue weighted by molar-refractivity contribution is 5.92. The third-order valence-electron chi connectivity index (χ3n) is 7.60. The molecule has 0 fully saturated rings. The second kappa shape index (κ2) is 15.3. The minimum Gasteiger partial charge on any atom is -0.492 e.